The van der Waals surface area contributed by atoms with E-state index >= 15 is 0 Å². The Kier molecular flexibility index (Phi) is 3.93. The van der Waals surface area contributed by atoms with Crippen molar-refractivity contribution in [2.45, 2.75) is 44.9 Å². The second-order valence-electron chi connectivity index (χ2n) is 9.61. The van der Waals surface area contributed by atoms with Gasteiger partial charge in [-0.2, -0.15) is 0 Å². The molecule has 0 spiro atoms. The van der Waals surface area contributed by atoms with Gasteiger partial charge in [0.15, 0.2) is 5.43 Å². The molecule has 0 radical (unpaired) electrons. The number of halogens is 1. The van der Waals surface area contributed by atoms with Crippen LogP contribution in [-0.2, 0) is 0 Å². The summed E-state index contributed by atoms with van der Waals surface area (Å²) < 4.78 is 0. The van der Waals surface area contributed by atoms with Crippen LogP contribution in [0.3, 0.4) is 0 Å². The monoisotopic (exact) mass is 404 g/mol. The lowest BCUT2D eigenvalue weighted by Gasteiger charge is -2.54. The molecule has 7 rings (SSSR count). The number of nitrogens with one attached hydrogen (secondary N) is 1. The summed E-state index contributed by atoms with van der Waals surface area (Å²) in [6.45, 7) is 2.14. The van der Waals surface area contributed by atoms with E-state index in [1.54, 1.807) is 18.5 Å². The van der Waals surface area contributed by atoms with E-state index in [4.69, 9.17) is 11.6 Å². The number of H-pyrrole nitrogens is 1. The predicted octanol–water partition coefficient (Wildman–Crippen LogP) is 6.09. The maximum atomic E-state index is 12.6. The van der Waals surface area contributed by atoms with Gasteiger partial charge in [-0.05, 0) is 91.9 Å². The number of aromatic nitrogens is 2. The van der Waals surface area contributed by atoms with Crippen molar-refractivity contribution in [2.75, 3.05) is 0 Å². The molecule has 4 fully saturated rings. The van der Waals surface area contributed by atoms with Crippen molar-refractivity contribution in [3.8, 4) is 11.3 Å². The van der Waals surface area contributed by atoms with E-state index in [1.165, 1.54) is 43.2 Å². The molecule has 4 aliphatic rings. The van der Waals surface area contributed by atoms with Gasteiger partial charge in [0.2, 0.25) is 0 Å². The van der Waals surface area contributed by atoms with Gasteiger partial charge in [-0.1, -0.05) is 17.7 Å². The Hall–Kier alpha value is -2.13. The van der Waals surface area contributed by atoms with Gasteiger partial charge in [0.25, 0.3) is 0 Å². The molecule has 3 nitrogen and oxygen atoms in total. The Bertz CT molecular complexity index is 1150. The molecule has 3 aromatic rings. The zero-order valence-electron chi connectivity index (χ0n) is 16.6. The first kappa shape index (κ1) is 17.7. The summed E-state index contributed by atoms with van der Waals surface area (Å²) in [5.41, 5.74) is 5.16. The molecule has 4 bridgehead atoms. The summed E-state index contributed by atoms with van der Waals surface area (Å²) in [7, 11) is 0. The van der Waals surface area contributed by atoms with E-state index in [0.29, 0.717) is 11.3 Å². The number of benzene rings is 1. The zero-order valence-corrected chi connectivity index (χ0v) is 17.4. The largest absolute Gasteiger partial charge is 0.354 e. The van der Waals surface area contributed by atoms with Gasteiger partial charge in [0.05, 0.1) is 16.6 Å². The number of rotatable bonds is 2. The molecule has 1 N–H and O–H groups in total. The molecule has 0 atom stereocenters. The topological polar surface area (TPSA) is 45.8 Å². The Balaban J connectivity index is 1.43. The average Bonchev–Trinajstić information content (AvgIpc) is 2.69. The molecule has 2 aromatic heterocycles. The van der Waals surface area contributed by atoms with Gasteiger partial charge < -0.3 is 4.98 Å². The second kappa shape index (κ2) is 6.43. The van der Waals surface area contributed by atoms with Crippen LogP contribution in [0, 0.1) is 30.6 Å². The second-order valence-corrected chi connectivity index (χ2v) is 10.0. The first-order valence-corrected chi connectivity index (χ1v) is 11.2. The zero-order chi connectivity index (χ0) is 19.7. The average molecular weight is 405 g/mol. The van der Waals surface area contributed by atoms with Crippen LogP contribution in [-0.4, -0.2) is 9.97 Å². The molecule has 1 aromatic carbocycles. The van der Waals surface area contributed by atoms with Crippen molar-refractivity contribution in [3.63, 3.8) is 0 Å². The van der Waals surface area contributed by atoms with Crippen LogP contribution < -0.4 is 5.43 Å². The summed E-state index contributed by atoms with van der Waals surface area (Å²) >= 11 is 6.90. The van der Waals surface area contributed by atoms with Crippen LogP contribution in [0.25, 0.3) is 22.2 Å². The molecule has 4 aliphatic carbocycles. The Labute approximate surface area is 175 Å². The van der Waals surface area contributed by atoms with E-state index in [1.807, 2.05) is 6.07 Å². The molecule has 29 heavy (non-hydrogen) atoms. The maximum absolute atomic E-state index is 12.6. The molecule has 0 unspecified atom stereocenters. The highest BCUT2D eigenvalue weighted by Gasteiger charge is 2.49. The molecule has 0 aliphatic heterocycles. The minimum atomic E-state index is -0.0116. The Morgan fingerprint density at radius 2 is 1.76 bits per heavy atom. The molecule has 0 saturated heterocycles. The van der Waals surface area contributed by atoms with Crippen LogP contribution in [0.2, 0.25) is 5.02 Å². The number of fused-ring (bicyclic) bond motifs is 1. The smallest absolute Gasteiger partial charge is 0.191 e. The molecule has 148 valence electrons. The first-order chi connectivity index (χ1) is 14.1. The molecular formula is C25H25ClN2O. The van der Waals surface area contributed by atoms with Crippen molar-refractivity contribution in [1.29, 1.82) is 0 Å². The van der Waals surface area contributed by atoms with E-state index in [-0.39, 0.29) is 5.43 Å². The third-order valence-electron chi connectivity index (χ3n) is 7.85. The van der Waals surface area contributed by atoms with Crippen molar-refractivity contribution in [3.05, 3.63) is 63.0 Å². The summed E-state index contributed by atoms with van der Waals surface area (Å²) in [5.74, 6) is 4.16. The maximum Gasteiger partial charge on any atom is 0.191 e. The highest BCUT2D eigenvalue weighted by atomic mass is 35.5. The third-order valence-corrected chi connectivity index (χ3v) is 8.18. The number of nitrogens with zero attached hydrogens (tertiary/aromatic N) is 1. The number of aryl methyl sites for hydroxylation is 1. The lowest BCUT2D eigenvalue weighted by Crippen LogP contribution is -2.43. The fourth-order valence-corrected chi connectivity index (χ4v) is 7.21. The van der Waals surface area contributed by atoms with Gasteiger partial charge in [-0.25, -0.2) is 0 Å². The normalized spacial score (nSPS) is 30.2. The molecular weight excluding hydrogens is 380 g/mol. The standard InChI is InChI=1S/C25H25ClN2O/c1-13-4-19(25-16-6-14-5-15(8-16)9-17(25)7-14)21(26)10-18(13)23-11-24(29)20-12-27-3-2-22(20)28-23/h2-4,10-12,14-17,25H,5-9H2,1H3,(H,28,29). The van der Waals surface area contributed by atoms with Crippen LogP contribution >= 0.6 is 11.6 Å². The van der Waals surface area contributed by atoms with Crippen molar-refractivity contribution < 1.29 is 0 Å². The molecule has 4 saturated carbocycles. The summed E-state index contributed by atoms with van der Waals surface area (Å²) in [5, 5.41) is 1.48. The number of aromatic amines is 1. The van der Waals surface area contributed by atoms with Crippen molar-refractivity contribution in [2.24, 2.45) is 23.7 Å². The van der Waals surface area contributed by atoms with E-state index in [9.17, 15) is 4.79 Å². The fraction of sp³-hybridized carbons (Fsp3) is 0.440. The van der Waals surface area contributed by atoms with E-state index in [2.05, 4.69) is 29.0 Å². The lowest BCUT2D eigenvalue weighted by molar-refractivity contribution is -0.00275. The van der Waals surface area contributed by atoms with Crippen molar-refractivity contribution >= 4 is 22.5 Å². The summed E-state index contributed by atoms with van der Waals surface area (Å²) in [6, 6.07) is 7.90. The predicted molar refractivity (Wildman–Crippen MR) is 117 cm³/mol. The SMILES string of the molecule is Cc1cc(C2C3CC4CC(C3)CC2C4)c(Cl)cc1-c1cc(=O)c2cnccc2[nH]1. The minimum Gasteiger partial charge on any atom is -0.354 e. The van der Waals surface area contributed by atoms with Crippen LogP contribution in [0.1, 0.15) is 49.1 Å². The molecule has 0 amide bonds. The third kappa shape index (κ3) is 2.78. The number of hydrogen-bond acceptors (Lipinski definition) is 2. The molecule has 4 heteroatoms. The number of pyridine rings is 2. The Morgan fingerprint density at radius 1 is 1.03 bits per heavy atom. The summed E-state index contributed by atoms with van der Waals surface area (Å²) in [6.07, 6.45) is 10.4. The van der Waals surface area contributed by atoms with Gasteiger partial charge in [0, 0.05) is 29.0 Å². The van der Waals surface area contributed by atoms with Crippen LogP contribution in [0.15, 0.2) is 41.5 Å². The van der Waals surface area contributed by atoms with Gasteiger partial charge >= 0.3 is 0 Å². The van der Waals surface area contributed by atoms with Crippen LogP contribution in [0.5, 0.6) is 0 Å². The highest BCUT2D eigenvalue weighted by molar-refractivity contribution is 6.31. The van der Waals surface area contributed by atoms with Crippen molar-refractivity contribution in [1.82, 2.24) is 9.97 Å². The molecule has 2 heterocycles. The Morgan fingerprint density at radius 3 is 2.48 bits per heavy atom. The summed E-state index contributed by atoms with van der Waals surface area (Å²) in [4.78, 5) is 20.0. The number of hydrogen-bond donors (Lipinski definition) is 1. The van der Waals surface area contributed by atoms with Gasteiger partial charge in [-0.15, -0.1) is 0 Å². The van der Waals surface area contributed by atoms with E-state index in [0.717, 1.165) is 45.5 Å². The van der Waals surface area contributed by atoms with E-state index < -0.39 is 0 Å². The highest BCUT2D eigenvalue weighted by Crippen LogP contribution is 2.60. The quantitative estimate of drug-likeness (QED) is 0.561. The van der Waals surface area contributed by atoms with Gasteiger partial charge in [0.1, 0.15) is 0 Å². The minimum absolute atomic E-state index is 0.0116. The lowest BCUT2D eigenvalue weighted by atomic mass is 9.50. The fourth-order valence-electron chi connectivity index (χ4n) is 6.92. The van der Waals surface area contributed by atoms with Gasteiger partial charge in [-0.3, -0.25) is 9.78 Å². The first-order valence-electron chi connectivity index (χ1n) is 10.8. The van der Waals surface area contributed by atoms with Crippen LogP contribution in [0.4, 0.5) is 0 Å².